The Hall–Kier alpha value is -2.32. The van der Waals surface area contributed by atoms with Gasteiger partial charge >= 0.3 is 0 Å². The summed E-state index contributed by atoms with van der Waals surface area (Å²) in [4.78, 5) is 14.7. The lowest BCUT2D eigenvalue weighted by atomic mass is 9.98. The average Bonchev–Trinajstić information content (AvgIpc) is 2.72. The second-order valence-electron chi connectivity index (χ2n) is 7.14. The van der Waals surface area contributed by atoms with Gasteiger partial charge in [-0.2, -0.15) is 4.31 Å². The van der Waals surface area contributed by atoms with Crippen LogP contribution in [0.4, 0.5) is 8.78 Å². The van der Waals surface area contributed by atoms with Gasteiger partial charge in [-0.05, 0) is 61.7 Å². The summed E-state index contributed by atoms with van der Waals surface area (Å²) < 4.78 is 53.6. The Balaban J connectivity index is 1.73. The fraction of sp³-hybridized carbons (Fsp3) is 0.381. The number of hydrogen-bond acceptors (Lipinski definition) is 3. The molecule has 0 aliphatic carbocycles. The molecule has 5 nitrogen and oxygen atoms in total. The quantitative estimate of drug-likeness (QED) is 0.717. The average molecular weight is 422 g/mol. The van der Waals surface area contributed by atoms with E-state index in [2.05, 4.69) is 0 Å². The summed E-state index contributed by atoms with van der Waals surface area (Å²) in [5.41, 5.74) is 0.687. The summed E-state index contributed by atoms with van der Waals surface area (Å²) in [5, 5.41) is 0. The fourth-order valence-electron chi connectivity index (χ4n) is 3.58. The third-order valence-corrected chi connectivity index (χ3v) is 7.02. The zero-order chi connectivity index (χ0) is 21.0. The predicted octanol–water partition coefficient (Wildman–Crippen LogP) is 3.41. The standard InChI is InChI=1S/C21H24F2N2O3S/c1-2-24(14-16-5-3-7-19(23)13-16)21(26)17-6-4-12-25(15-17)29(27,28)20-10-8-18(22)9-11-20/h3,5,7-11,13,17H,2,4,6,12,14-15H2,1H3. The van der Waals surface area contributed by atoms with Crippen molar-refractivity contribution in [1.82, 2.24) is 9.21 Å². The van der Waals surface area contributed by atoms with Crippen LogP contribution < -0.4 is 0 Å². The molecule has 2 aromatic rings. The van der Waals surface area contributed by atoms with E-state index in [0.717, 1.165) is 12.1 Å². The summed E-state index contributed by atoms with van der Waals surface area (Å²) in [6, 6.07) is 10.8. The molecule has 1 atom stereocenters. The lowest BCUT2D eigenvalue weighted by Gasteiger charge is -2.34. The molecule has 2 aromatic carbocycles. The molecule has 3 rings (SSSR count). The van der Waals surface area contributed by atoms with Gasteiger partial charge in [-0.15, -0.1) is 0 Å². The molecule has 1 aliphatic rings. The van der Waals surface area contributed by atoms with Crippen LogP contribution in [0.5, 0.6) is 0 Å². The van der Waals surface area contributed by atoms with Crippen LogP contribution in [0.3, 0.4) is 0 Å². The van der Waals surface area contributed by atoms with Gasteiger partial charge in [0.05, 0.1) is 10.8 Å². The van der Waals surface area contributed by atoms with E-state index in [0.29, 0.717) is 31.5 Å². The third kappa shape index (κ3) is 5.00. The van der Waals surface area contributed by atoms with Crippen LogP contribution in [0.1, 0.15) is 25.3 Å². The molecule has 156 valence electrons. The Labute approximate surface area is 170 Å². The SMILES string of the molecule is CCN(Cc1cccc(F)c1)C(=O)C1CCCN(S(=O)(=O)c2ccc(F)cc2)C1. The highest BCUT2D eigenvalue weighted by atomic mass is 32.2. The number of amides is 1. The number of nitrogens with zero attached hydrogens (tertiary/aromatic N) is 2. The van der Waals surface area contributed by atoms with E-state index in [-0.39, 0.29) is 29.7 Å². The van der Waals surface area contributed by atoms with Crippen LogP contribution in [-0.2, 0) is 21.4 Å². The number of carbonyl (C=O) groups excluding carboxylic acids is 1. The summed E-state index contributed by atoms with van der Waals surface area (Å²) in [7, 11) is -3.80. The van der Waals surface area contributed by atoms with Crippen molar-refractivity contribution in [3.63, 3.8) is 0 Å². The maximum atomic E-state index is 13.4. The van der Waals surface area contributed by atoms with E-state index >= 15 is 0 Å². The minimum Gasteiger partial charge on any atom is -0.338 e. The van der Waals surface area contributed by atoms with Crippen LogP contribution >= 0.6 is 0 Å². The smallest absolute Gasteiger partial charge is 0.243 e. The van der Waals surface area contributed by atoms with Crippen LogP contribution in [0.15, 0.2) is 53.4 Å². The number of sulfonamides is 1. The molecule has 0 spiro atoms. The van der Waals surface area contributed by atoms with Crippen molar-refractivity contribution in [1.29, 1.82) is 0 Å². The minimum atomic E-state index is -3.80. The summed E-state index contributed by atoms with van der Waals surface area (Å²) in [6.07, 6.45) is 1.16. The van der Waals surface area contributed by atoms with Crippen molar-refractivity contribution in [3.05, 3.63) is 65.7 Å². The molecule has 0 N–H and O–H groups in total. The van der Waals surface area contributed by atoms with Gasteiger partial charge in [0, 0.05) is 26.2 Å². The Kier molecular flexibility index (Phi) is 6.64. The van der Waals surface area contributed by atoms with Gasteiger partial charge in [0.1, 0.15) is 11.6 Å². The lowest BCUT2D eigenvalue weighted by molar-refractivity contribution is -0.137. The van der Waals surface area contributed by atoms with Gasteiger partial charge in [0.15, 0.2) is 0 Å². The second-order valence-corrected chi connectivity index (χ2v) is 9.08. The van der Waals surface area contributed by atoms with Crippen LogP contribution in [0.25, 0.3) is 0 Å². The number of halogens is 2. The Morgan fingerprint density at radius 3 is 2.52 bits per heavy atom. The third-order valence-electron chi connectivity index (χ3n) is 5.14. The Bertz CT molecular complexity index is 964. The van der Waals surface area contributed by atoms with E-state index in [1.54, 1.807) is 17.0 Å². The van der Waals surface area contributed by atoms with Gasteiger partial charge in [0.25, 0.3) is 0 Å². The van der Waals surface area contributed by atoms with Crippen molar-refractivity contribution < 1.29 is 22.0 Å². The molecule has 1 amide bonds. The molecule has 1 heterocycles. The van der Waals surface area contributed by atoms with Gasteiger partial charge < -0.3 is 4.90 Å². The maximum absolute atomic E-state index is 13.4. The molecule has 1 unspecified atom stereocenters. The number of hydrogen-bond donors (Lipinski definition) is 0. The molecule has 0 aromatic heterocycles. The van der Waals surface area contributed by atoms with Crippen molar-refractivity contribution in [2.45, 2.75) is 31.2 Å². The highest BCUT2D eigenvalue weighted by Crippen LogP contribution is 2.25. The van der Waals surface area contributed by atoms with E-state index in [4.69, 9.17) is 0 Å². The highest BCUT2D eigenvalue weighted by Gasteiger charge is 2.34. The number of rotatable bonds is 6. The van der Waals surface area contributed by atoms with Crippen LogP contribution in [0.2, 0.25) is 0 Å². The minimum absolute atomic E-state index is 0.0131. The predicted molar refractivity (Wildman–Crippen MR) is 105 cm³/mol. The first-order valence-corrected chi connectivity index (χ1v) is 11.0. The van der Waals surface area contributed by atoms with Crippen molar-refractivity contribution >= 4 is 15.9 Å². The first-order chi connectivity index (χ1) is 13.8. The van der Waals surface area contributed by atoms with Crippen molar-refractivity contribution in [2.24, 2.45) is 5.92 Å². The molecular weight excluding hydrogens is 398 g/mol. The Morgan fingerprint density at radius 2 is 1.86 bits per heavy atom. The van der Waals surface area contributed by atoms with Crippen molar-refractivity contribution in [3.8, 4) is 0 Å². The highest BCUT2D eigenvalue weighted by molar-refractivity contribution is 7.89. The zero-order valence-electron chi connectivity index (χ0n) is 16.2. The molecule has 8 heteroatoms. The molecule has 0 saturated carbocycles. The Morgan fingerprint density at radius 1 is 1.14 bits per heavy atom. The van der Waals surface area contributed by atoms with E-state index in [1.165, 1.54) is 28.6 Å². The molecule has 1 saturated heterocycles. The fourth-order valence-corrected chi connectivity index (χ4v) is 5.10. The summed E-state index contributed by atoms with van der Waals surface area (Å²) >= 11 is 0. The van der Waals surface area contributed by atoms with E-state index < -0.39 is 21.8 Å². The first-order valence-electron chi connectivity index (χ1n) is 9.60. The van der Waals surface area contributed by atoms with E-state index in [9.17, 15) is 22.0 Å². The number of piperidine rings is 1. The van der Waals surface area contributed by atoms with E-state index in [1.807, 2.05) is 6.92 Å². The topological polar surface area (TPSA) is 57.7 Å². The van der Waals surface area contributed by atoms with Gasteiger partial charge in [0.2, 0.25) is 15.9 Å². The van der Waals surface area contributed by atoms with Gasteiger partial charge in [-0.1, -0.05) is 12.1 Å². The second kappa shape index (κ2) is 9.00. The number of benzene rings is 2. The van der Waals surface area contributed by atoms with Crippen LogP contribution in [0, 0.1) is 17.6 Å². The molecule has 0 bridgehead atoms. The molecular formula is C21H24F2N2O3S. The number of carbonyl (C=O) groups is 1. The summed E-state index contributed by atoms with van der Waals surface area (Å²) in [6.45, 7) is 2.95. The lowest BCUT2D eigenvalue weighted by Crippen LogP contribution is -2.46. The molecule has 0 radical (unpaired) electrons. The van der Waals surface area contributed by atoms with Gasteiger partial charge in [-0.25, -0.2) is 17.2 Å². The molecule has 29 heavy (non-hydrogen) atoms. The molecule has 1 fully saturated rings. The zero-order valence-corrected chi connectivity index (χ0v) is 17.0. The maximum Gasteiger partial charge on any atom is 0.243 e. The van der Waals surface area contributed by atoms with Crippen molar-refractivity contribution in [2.75, 3.05) is 19.6 Å². The first kappa shape index (κ1) is 21.4. The van der Waals surface area contributed by atoms with Crippen LogP contribution in [-0.4, -0.2) is 43.2 Å². The summed E-state index contributed by atoms with van der Waals surface area (Å²) in [5.74, 6) is -1.48. The monoisotopic (exact) mass is 422 g/mol. The molecule has 1 aliphatic heterocycles. The normalized spacial score (nSPS) is 17.8. The largest absolute Gasteiger partial charge is 0.338 e. The van der Waals surface area contributed by atoms with Gasteiger partial charge in [-0.3, -0.25) is 4.79 Å².